The molecule has 0 saturated carbocycles. The van der Waals surface area contributed by atoms with Crippen LogP contribution in [0.2, 0.25) is 0 Å². The number of aliphatic imine (C=N–C) groups is 1. The summed E-state index contributed by atoms with van der Waals surface area (Å²) in [4.78, 5) is 15.0. The second kappa shape index (κ2) is 13.1. The van der Waals surface area contributed by atoms with Crippen molar-refractivity contribution in [3.63, 3.8) is 0 Å². The zero-order valence-corrected chi connectivity index (χ0v) is 19.4. The fourth-order valence-corrected chi connectivity index (χ4v) is 2.82. The maximum atomic E-state index is 10.8. The molecule has 0 bridgehead atoms. The highest BCUT2D eigenvalue weighted by Gasteiger charge is 2.10. The predicted octanol–water partition coefficient (Wildman–Crippen LogP) is 4.35. The molecule has 2 aromatic rings. The summed E-state index contributed by atoms with van der Waals surface area (Å²) in [7, 11) is 1.68. The molecule has 0 aliphatic carbocycles. The first-order chi connectivity index (χ1) is 13.5. The summed E-state index contributed by atoms with van der Waals surface area (Å²) in [5, 5.41) is 17.5. The van der Waals surface area contributed by atoms with E-state index in [9.17, 15) is 10.1 Å². The summed E-state index contributed by atoms with van der Waals surface area (Å²) in [5.41, 5.74) is 3.42. The highest BCUT2D eigenvalue weighted by atomic mass is 127. The molecular weight excluding hydrogens is 483 g/mol. The fraction of sp³-hybridized carbons (Fsp3) is 0.381. The molecule has 0 radical (unpaired) electrons. The van der Waals surface area contributed by atoms with Crippen molar-refractivity contribution in [2.75, 3.05) is 20.3 Å². The first-order valence-corrected chi connectivity index (χ1v) is 9.34. The Labute approximate surface area is 189 Å². The molecule has 7 nitrogen and oxygen atoms in total. The van der Waals surface area contributed by atoms with Crippen LogP contribution < -0.4 is 10.6 Å². The summed E-state index contributed by atoms with van der Waals surface area (Å²) in [5.74, 6) is 0.699. The third kappa shape index (κ3) is 8.36. The number of aryl methyl sites for hydroxylation is 1. The lowest BCUT2D eigenvalue weighted by molar-refractivity contribution is -0.384. The summed E-state index contributed by atoms with van der Waals surface area (Å²) in [6.45, 7) is 6.03. The van der Waals surface area contributed by atoms with Crippen LogP contribution in [-0.2, 0) is 11.3 Å². The number of nitrogens with zero attached hydrogens (tertiary/aromatic N) is 2. The van der Waals surface area contributed by atoms with Crippen molar-refractivity contribution in [2.24, 2.45) is 4.99 Å². The van der Waals surface area contributed by atoms with E-state index in [2.05, 4.69) is 41.6 Å². The minimum absolute atomic E-state index is 0. The number of ether oxygens (including phenoxy) is 1. The molecule has 0 amide bonds. The quantitative estimate of drug-likeness (QED) is 0.130. The molecular formula is C21H29IN4O3. The lowest BCUT2D eigenvalue weighted by Gasteiger charge is -2.20. The largest absolute Gasteiger partial charge is 0.385 e. The SMILES string of the molecule is COCCCNC(=NCc1ccc([N+](=O)[O-])cc1)NC(C)c1ccccc1C.I. The van der Waals surface area contributed by atoms with Gasteiger partial charge < -0.3 is 15.4 Å². The van der Waals surface area contributed by atoms with Gasteiger partial charge in [0.2, 0.25) is 0 Å². The zero-order valence-electron chi connectivity index (χ0n) is 17.1. The van der Waals surface area contributed by atoms with Crippen LogP contribution in [-0.4, -0.2) is 31.1 Å². The van der Waals surface area contributed by atoms with Crippen LogP contribution in [0.3, 0.4) is 0 Å². The maximum Gasteiger partial charge on any atom is 0.269 e. The van der Waals surface area contributed by atoms with E-state index in [0.717, 1.165) is 18.5 Å². The van der Waals surface area contributed by atoms with Gasteiger partial charge in [-0.2, -0.15) is 0 Å². The van der Waals surface area contributed by atoms with Gasteiger partial charge in [-0.05, 0) is 37.0 Å². The Morgan fingerprint density at radius 2 is 1.90 bits per heavy atom. The van der Waals surface area contributed by atoms with Crippen molar-refractivity contribution in [3.8, 4) is 0 Å². The van der Waals surface area contributed by atoms with E-state index in [1.54, 1.807) is 19.2 Å². The van der Waals surface area contributed by atoms with E-state index >= 15 is 0 Å². The lowest BCUT2D eigenvalue weighted by Crippen LogP contribution is -2.39. The average molecular weight is 512 g/mol. The number of nitrogens with one attached hydrogen (secondary N) is 2. The Kier molecular flexibility index (Phi) is 11.2. The van der Waals surface area contributed by atoms with E-state index in [4.69, 9.17) is 4.74 Å². The number of nitro benzene ring substituents is 1. The molecule has 158 valence electrons. The molecule has 2 N–H and O–H groups in total. The summed E-state index contributed by atoms with van der Waals surface area (Å²) in [6.07, 6.45) is 0.869. The molecule has 0 saturated heterocycles. The molecule has 2 aromatic carbocycles. The minimum Gasteiger partial charge on any atom is -0.385 e. The summed E-state index contributed by atoms with van der Waals surface area (Å²) >= 11 is 0. The number of rotatable bonds is 9. The second-order valence-electron chi connectivity index (χ2n) is 6.58. The van der Waals surface area contributed by atoms with Gasteiger partial charge in [0, 0.05) is 32.4 Å². The molecule has 0 aromatic heterocycles. The Morgan fingerprint density at radius 3 is 2.52 bits per heavy atom. The normalized spacial score (nSPS) is 12.0. The van der Waals surface area contributed by atoms with Gasteiger partial charge in [-0.25, -0.2) is 4.99 Å². The minimum atomic E-state index is -0.402. The van der Waals surface area contributed by atoms with E-state index in [-0.39, 0.29) is 35.7 Å². The first kappa shape index (κ1) is 24.8. The van der Waals surface area contributed by atoms with Crippen molar-refractivity contribution < 1.29 is 9.66 Å². The number of hydrogen-bond donors (Lipinski definition) is 2. The van der Waals surface area contributed by atoms with Crippen molar-refractivity contribution in [1.29, 1.82) is 0 Å². The Morgan fingerprint density at radius 1 is 1.21 bits per heavy atom. The van der Waals surface area contributed by atoms with Crippen LogP contribution in [0.15, 0.2) is 53.5 Å². The predicted molar refractivity (Wildman–Crippen MR) is 127 cm³/mol. The van der Waals surface area contributed by atoms with Crippen LogP contribution in [0.25, 0.3) is 0 Å². The highest BCUT2D eigenvalue weighted by molar-refractivity contribution is 14.0. The van der Waals surface area contributed by atoms with Crippen molar-refractivity contribution in [1.82, 2.24) is 10.6 Å². The maximum absolute atomic E-state index is 10.8. The van der Waals surface area contributed by atoms with E-state index in [1.165, 1.54) is 23.3 Å². The zero-order chi connectivity index (χ0) is 20.4. The molecule has 29 heavy (non-hydrogen) atoms. The number of non-ortho nitro benzene ring substituents is 1. The Balaban J connectivity index is 0.00000420. The number of guanidine groups is 1. The molecule has 8 heteroatoms. The summed E-state index contributed by atoms with van der Waals surface area (Å²) in [6, 6.07) is 14.8. The number of halogens is 1. The van der Waals surface area contributed by atoms with Crippen LogP contribution in [0.5, 0.6) is 0 Å². The van der Waals surface area contributed by atoms with Crippen LogP contribution in [0.1, 0.15) is 36.1 Å². The van der Waals surface area contributed by atoms with E-state index < -0.39 is 4.92 Å². The van der Waals surface area contributed by atoms with Crippen LogP contribution in [0.4, 0.5) is 5.69 Å². The van der Waals surface area contributed by atoms with Gasteiger partial charge in [-0.3, -0.25) is 10.1 Å². The van der Waals surface area contributed by atoms with Gasteiger partial charge >= 0.3 is 0 Å². The number of hydrogen-bond acceptors (Lipinski definition) is 4. The van der Waals surface area contributed by atoms with Crippen molar-refractivity contribution in [3.05, 3.63) is 75.3 Å². The Hall–Kier alpha value is -2.20. The third-order valence-electron chi connectivity index (χ3n) is 4.39. The number of nitro groups is 1. The molecule has 0 spiro atoms. The molecule has 0 aliphatic rings. The third-order valence-corrected chi connectivity index (χ3v) is 4.39. The standard InChI is InChI=1S/C21H28N4O3.HI/c1-16-7-4-5-8-20(16)17(2)24-21(22-13-6-14-28-3)23-15-18-9-11-19(12-10-18)25(26)27;/h4-5,7-12,17H,6,13-15H2,1-3H3,(H2,22,23,24);1H. The topological polar surface area (TPSA) is 88.8 Å². The van der Waals surface area contributed by atoms with Gasteiger partial charge in [0.15, 0.2) is 5.96 Å². The molecule has 1 unspecified atom stereocenters. The van der Waals surface area contributed by atoms with Gasteiger partial charge in [0.1, 0.15) is 0 Å². The molecule has 1 atom stereocenters. The van der Waals surface area contributed by atoms with Gasteiger partial charge in [-0.1, -0.05) is 36.4 Å². The average Bonchev–Trinajstić information content (AvgIpc) is 2.69. The van der Waals surface area contributed by atoms with Gasteiger partial charge in [-0.15, -0.1) is 24.0 Å². The molecule has 0 aliphatic heterocycles. The summed E-state index contributed by atoms with van der Waals surface area (Å²) < 4.78 is 5.09. The van der Waals surface area contributed by atoms with E-state index in [1.807, 2.05) is 12.1 Å². The van der Waals surface area contributed by atoms with Crippen LogP contribution in [0, 0.1) is 17.0 Å². The smallest absolute Gasteiger partial charge is 0.269 e. The van der Waals surface area contributed by atoms with Gasteiger partial charge in [0.05, 0.1) is 17.5 Å². The number of benzene rings is 2. The molecule has 0 fully saturated rings. The second-order valence-corrected chi connectivity index (χ2v) is 6.58. The monoisotopic (exact) mass is 512 g/mol. The first-order valence-electron chi connectivity index (χ1n) is 9.34. The van der Waals surface area contributed by atoms with Crippen molar-refractivity contribution >= 4 is 35.6 Å². The Bertz CT molecular complexity index is 797. The highest BCUT2D eigenvalue weighted by Crippen LogP contribution is 2.17. The van der Waals surface area contributed by atoms with Gasteiger partial charge in [0.25, 0.3) is 5.69 Å². The van der Waals surface area contributed by atoms with E-state index in [0.29, 0.717) is 19.1 Å². The van der Waals surface area contributed by atoms with Crippen molar-refractivity contribution in [2.45, 2.75) is 32.9 Å². The number of methoxy groups -OCH3 is 1. The lowest BCUT2D eigenvalue weighted by atomic mass is 10.0. The van der Waals surface area contributed by atoms with Crippen LogP contribution >= 0.6 is 24.0 Å². The molecule has 0 heterocycles. The molecule has 2 rings (SSSR count). The fourth-order valence-electron chi connectivity index (χ4n) is 2.82.